The molecule has 0 amide bonds. The minimum absolute atomic E-state index is 0.0928. The summed E-state index contributed by atoms with van der Waals surface area (Å²) in [4.78, 5) is 5.11. The Hall–Kier alpha value is -0.160. The lowest BCUT2D eigenvalue weighted by molar-refractivity contribution is 0.0633. The van der Waals surface area contributed by atoms with E-state index in [0.717, 1.165) is 19.6 Å². The van der Waals surface area contributed by atoms with E-state index in [1.54, 1.807) is 0 Å². The van der Waals surface area contributed by atoms with Gasteiger partial charge in [-0.3, -0.25) is 4.90 Å². The average Bonchev–Trinajstić information content (AvgIpc) is 3.26. The highest BCUT2D eigenvalue weighted by Crippen LogP contribution is 2.40. The second kappa shape index (κ2) is 7.40. The Labute approximate surface area is 130 Å². The van der Waals surface area contributed by atoms with Crippen LogP contribution in [-0.4, -0.2) is 72.4 Å². The molecule has 0 aromatic heterocycles. The minimum atomic E-state index is -0.0928. The molecule has 4 nitrogen and oxygen atoms in total. The maximum absolute atomic E-state index is 10.1. The second-order valence-corrected chi connectivity index (χ2v) is 7.54. The molecule has 0 spiro atoms. The van der Waals surface area contributed by atoms with E-state index in [1.807, 2.05) is 0 Å². The summed E-state index contributed by atoms with van der Waals surface area (Å²) in [6.07, 6.45) is 4.97. The first-order chi connectivity index (χ1) is 10.0. The fraction of sp³-hybridized carbons (Fsp3) is 1.00. The highest BCUT2D eigenvalue weighted by atomic mass is 16.3. The number of hydrogen-bond acceptors (Lipinski definition) is 4. The molecule has 2 unspecified atom stereocenters. The fourth-order valence-corrected chi connectivity index (χ4v) is 3.98. The van der Waals surface area contributed by atoms with Gasteiger partial charge in [0, 0.05) is 25.2 Å². The van der Waals surface area contributed by atoms with Crippen LogP contribution in [0.3, 0.4) is 0 Å². The summed E-state index contributed by atoms with van der Waals surface area (Å²) in [7, 11) is 2.23. The maximum Gasteiger partial charge on any atom is 0.0628 e. The van der Waals surface area contributed by atoms with Crippen molar-refractivity contribution in [3.8, 4) is 0 Å². The Morgan fingerprint density at radius 3 is 2.52 bits per heavy atom. The summed E-state index contributed by atoms with van der Waals surface area (Å²) in [6, 6.07) is 1.05. The molecule has 1 aliphatic heterocycles. The molecule has 0 bridgehead atoms. The molecule has 2 rings (SSSR count). The van der Waals surface area contributed by atoms with E-state index in [4.69, 9.17) is 0 Å². The second-order valence-electron chi connectivity index (χ2n) is 7.54. The van der Waals surface area contributed by atoms with Crippen LogP contribution in [0.4, 0.5) is 0 Å². The van der Waals surface area contributed by atoms with Crippen LogP contribution in [0, 0.1) is 5.92 Å². The largest absolute Gasteiger partial charge is 0.394 e. The SMILES string of the molecule is CCC1CN(C)CCCN1CC(CO)(NC(C)C)C1CC1. The molecule has 1 saturated heterocycles. The highest BCUT2D eigenvalue weighted by molar-refractivity contribution is 5.04. The van der Waals surface area contributed by atoms with Gasteiger partial charge in [-0.2, -0.15) is 0 Å². The lowest BCUT2D eigenvalue weighted by Gasteiger charge is -2.42. The molecular weight excluding hydrogens is 262 g/mol. The van der Waals surface area contributed by atoms with E-state index in [2.05, 4.69) is 42.9 Å². The summed E-state index contributed by atoms with van der Waals surface area (Å²) < 4.78 is 0. The molecule has 1 saturated carbocycles. The van der Waals surface area contributed by atoms with Gasteiger partial charge in [0.05, 0.1) is 12.1 Å². The molecule has 1 heterocycles. The predicted molar refractivity (Wildman–Crippen MR) is 88.6 cm³/mol. The zero-order valence-corrected chi connectivity index (χ0v) is 14.4. The summed E-state index contributed by atoms with van der Waals surface area (Å²) >= 11 is 0. The summed E-state index contributed by atoms with van der Waals surface area (Å²) in [5, 5.41) is 13.9. The van der Waals surface area contributed by atoms with Gasteiger partial charge in [-0.15, -0.1) is 0 Å². The fourth-order valence-electron chi connectivity index (χ4n) is 3.98. The molecule has 21 heavy (non-hydrogen) atoms. The topological polar surface area (TPSA) is 38.7 Å². The number of aliphatic hydroxyl groups excluding tert-OH is 1. The van der Waals surface area contributed by atoms with Gasteiger partial charge >= 0.3 is 0 Å². The standard InChI is InChI=1S/C17H35N3O/c1-5-16-11-19(4)9-6-10-20(16)12-17(13-21,15-7-8-15)18-14(2)3/h14-16,18,21H,5-13H2,1-4H3. The summed E-state index contributed by atoms with van der Waals surface area (Å²) in [5.74, 6) is 0.656. The monoisotopic (exact) mass is 297 g/mol. The van der Waals surface area contributed by atoms with Crippen LogP contribution < -0.4 is 5.32 Å². The smallest absolute Gasteiger partial charge is 0.0628 e. The molecule has 0 radical (unpaired) electrons. The molecule has 4 heteroatoms. The number of rotatable bonds is 7. The van der Waals surface area contributed by atoms with Crippen LogP contribution in [0.15, 0.2) is 0 Å². The summed E-state index contributed by atoms with van der Waals surface area (Å²) in [5.41, 5.74) is -0.0928. The van der Waals surface area contributed by atoms with Crippen molar-refractivity contribution in [1.29, 1.82) is 0 Å². The molecular formula is C17H35N3O. The quantitative estimate of drug-likeness (QED) is 0.748. The third-order valence-electron chi connectivity index (χ3n) is 5.20. The van der Waals surface area contributed by atoms with Gasteiger partial charge in [-0.1, -0.05) is 20.8 Å². The third kappa shape index (κ3) is 4.41. The average molecular weight is 297 g/mol. The first-order valence-corrected chi connectivity index (χ1v) is 8.82. The number of nitrogens with one attached hydrogen (secondary N) is 1. The molecule has 2 aliphatic rings. The lowest BCUT2D eigenvalue weighted by Crippen LogP contribution is -2.61. The van der Waals surface area contributed by atoms with Crippen molar-refractivity contribution in [2.45, 2.75) is 64.1 Å². The van der Waals surface area contributed by atoms with Crippen molar-refractivity contribution in [1.82, 2.24) is 15.1 Å². The van der Waals surface area contributed by atoms with Crippen LogP contribution in [-0.2, 0) is 0 Å². The van der Waals surface area contributed by atoms with Crippen LogP contribution in [0.1, 0.15) is 46.5 Å². The Balaban J connectivity index is 2.10. The van der Waals surface area contributed by atoms with Crippen molar-refractivity contribution < 1.29 is 5.11 Å². The van der Waals surface area contributed by atoms with Crippen molar-refractivity contribution in [2.24, 2.45) is 5.92 Å². The molecule has 0 aromatic rings. The van der Waals surface area contributed by atoms with E-state index in [1.165, 1.54) is 32.2 Å². The number of aliphatic hydroxyl groups is 1. The minimum Gasteiger partial charge on any atom is -0.394 e. The van der Waals surface area contributed by atoms with Gasteiger partial charge in [0.2, 0.25) is 0 Å². The molecule has 0 aromatic carbocycles. The van der Waals surface area contributed by atoms with Gasteiger partial charge < -0.3 is 15.3 Å². The van der Waals surface area contributed by atoms with Crippen molar-refractivity contribution in [3.05, 3.63) is 0 Å². The lowest BCUT2D eigenvalue weighted by atomic mass is 9.91. The first-order valence-electron chi connectivity index (χ1n) is 8.82. The third-order valence-corrected chi connectivity index (χ3v) is 5.20. The van der Waals surface area contributed by atoms with E-state index < -0.39 is 0 Å². The normalized spacial score (nSPS) is 28.6. The number of hydrogen-bond donors (Lipinski definition) is 2. The van der Waals surface area contributed by atoms with E-state index in [-0.39, 0.29) is 12.1 Å². The maximum atomic E-state index is 10.1. The van der Waals surface area contributed by atoms with Crippen molar-refractivity contribution in [2.75, 3.05) is 39.8 Å². The Morgan fingerprint density at radius 1 is 1.29 bits per heavy atom. The van der Waals surface area contributed by atoms with Crippen LogP contribution in [0.5, 0.6) is 0 Å². The summed E-state index contributed by atoms with van der Waals surface area (Å²) in [6.45, 7) is 11.5. The zero-order valence-electron chi connectivity index (χ0n) is 14.4. The van der Waals surface area contributed by atoms with Gasteiger partial charge in [0.25, 0.3) is 0 Å². The Kier molecular flexibility index (Phi) is 6.06. The molecule has 2 atom stereocenters. The van der Waals surface area contributed by atoms with Crippen LogP contribution in [0.25, 0.3) is 0 Å². The predicted octanol–water partition coefficient (Wildman–Crippen LogP) is 1.54. The van der Waals surface area contributed by atoms with E-state index in [0.29, 0.717) is 18.0 Å². The van der Waals surface area contributed by atoms with Crippen LogP contribution in [0.2, 0.25) is 0 Å². The van der Waals surface area contributed by atoms with Gasteiger partial charge in [0.15, 0.2) is 0 Å². The highest BCUT2D eigenvalue weighted by Gasteiger charge is 2.46. The zero-order chi connectivity index (χ0) is 15.5. The van der Waals surface area contributed by atoms with Crippen molar-refractivity contribution in [3.63, 3.8) is 0 Å². The van der Waals surface area contributed by atoms with Crippen molar-refractivity contribution >= 4 is 0 Å². The van der Waals surface area contributed by atoms with Gasteiger partial charge in [-0.05, 0) is 51.7 Å². The molecule has 2 N–H and O–H groups in total. The van der Waals surface area contributed by atoms with E-state index >= 15 is 0 Å². The number of nitrogens with zero attached hydrogens (tertiary/aromatic N) is 2. The Morgan fingerprint density at radius 2 is 2.00 bits per heavy atom. The number of likely N-dealkylation sites (N-methyl/N-ethyl adjacent to an activating group) is 1. The van der Waals surface area contributed by atoms with Crippen LogP contribution >= 0.6 is 0 Å². The van der Waals surface area contributed by atoms with E-state index in [9.17, 15) is 5.11 Å². The molecule has 124 valence electrons. The molecule has 1 aliphatic carbocycles. The van der Waals surface area contributed by atoms with Gasteiger partial charge in [-0.25, -0.2) is 0 Å². The first kappa shape index (κ1) is 17.2. The van der Waals surface area contributed by atoms with Gasteiger partial charge in [0.1, 0.15) is 0 Å². The Bertz CT molecular complexity index is 319. The molecule has 2 fully saturated rings.